The molecule has 0 saturated carbocycles. The number of hydrogen-bond acceptors (Lipinski definition) is 4. The SMILES string of the molecule is CNCC1CCCN(c2c([N+](=O)[O-])ccc(F)c2F)C1. The van der Waals surface area contributed by atoms with Crippen molar-refractivity contribution in [1.29, 1.82) is 0 Å². The van der Waals surface area contributed by atoms with Gasteiger partial charge in [-0.2, -0.15) is 0 Å². The standard InChI is InChI=1S/C13H17F2N3O2/c1-16-7-9-3-2-6-17(8-9)13-11(18(19)20)5-4-10(14)12(13)15/h4-5,9,16H,2-3,6-8H2,1H3. The zero-order chi connectivity index (χ0) is 14.7. The molecule has 1 aliphatic heterocycles. The summed E-state index contributed by atoms with van der Waals surface area (Å²) in [5, 5.41) is 14.1. The lowest BCUT2D eigenvalue weighted by molar-refractivity contribution is -0.384. The molecule has 0 spiro atoms. The number of nitro groups is 1. The summed E-state index contributed by atoms with van der Waals surface area (Å²) in [6.45, 7) is 1.74. The number of hydrogen-bond donors (Lipinski definition) is 1. The first-order valence-electron chi connectivity index (χ1n) is 6.56. The Morgan fingerprint density at radius 2 is 2.25 bits per heavy atom. The van der Waals surface area contributed by atoms with Crippen molar-refractivity contribution in [2.75, 3.05) is 31.6 Å². The van der Waals surface area contributed by atoms with Crippen LogP contribution in [0.1, 0.15) is 12.8 Å². The quantitative estimate of drug-likeness (QED) is 0.681. The summed E-state index contributed by atoms with van der Waals surface area (Å²) in [6.07, 6.45) is 1.78. The van der Waals surface area contributed by atoms with Crippen LogP contribution in [-0.4, -0.2) is 31.6 Å². The van der Waals surface area contributed by atoms with Crippen LogP contribution in [0.25, 0.3) is 0 Å². The van der Waals surface area contributed by atoms with Crippen molar-refractivity contribution >= 4 is 11.4 Å². The van der Waals surface area contributed by atoms with Crippen LogP contribution in [0.3, 0.4) is 0 Å². The van der Waals surface area contributed by atoms with Crippen LogP contribution in [0.15, 0.2) is 12.1 Å². The molecule has 1 saturated heterocycles. The van der Waals surface area contributed by atoms with E-state index >= 15 is 0 Å². The fraction of sp³-hybridized carbons (Fsp3) is 0.538. The third kappa shape index (κ3) is 2.87. The fourth-order valence-corrected chi connectivity index (χ4v) is 2.70. The van der Waals surface area contributed by atoms with Gasteiger partial charge in [0.05, 0.1) is 4.92 Å². The van der Waals surface area contributed by atoms with Gasteiger partial charge in [0.25, 0.3) is 5.69 Å². The molecular formula is C13H17F2N3O2. The van der Waals surface area contributed by atoms with Crippen LogP contribution >= 0.6 is 0 Å². The summed E-state index contributed by atoms with van der Waals surface area (Å²) in [7, 11) is 1.82. The summed E-state index contributed by atoms with van der Waals surface area (Å²) < 4.78 is 27.4. The number of halogens is 2. The van der Waals surface area contributed by atoms with Crippen LogP contribution in [0.2, 0.25) is 0 Å². The van der Waals surface area contributed by atoms with E-state index in [1.807, 2.05) is 7.05 Å². The van der Waals surface area contributed by atoms with Gasteiger partial charge in [0.15, 0.2) is 17.3 Å². The van der Waals surface area contributed by atoms with E-state index < -0.39 is 16.6 Å². The second-order valence-electron chi connectivity index (χ2n) is 5.00. The second-order valence-corrected chi connectivity index (χ2v) is 5.00. The van der Waals surface area contributed by atoms with E-state index in [0.29, 0.717) is 13.1 Å². The molecule has 1 aliphatic rings. The normalized spacial score (nSPS) is 19.1. The Balaban J connectivity index is 2.35. The topological polar surface area (TPSA) is 58.4 Å². The molecule has 2 rings (SSSR count). The van der Waals surface area contributed by atoms with E-state index in [4.69, 9.17) is 0 Å². The Labute approximate surface area is 115 Å². The first-order chi connectivity index (χ1) is 9.54. The van der Waals surface area contributed by atoms with E-state index in [0.717, 1.165) is 31.5 Å². The number of rotatable bonds is 4. The van der Waals surface area contributed by atoms with E-state index in [9.17, 15) is 18.9 Å². The molecule has 20 heavy (non-hydrogen) atoms. The van der Waals surface area contributed by atoms with Crippen LogP contribution < -0.4 is 10.2 Å². The van der Waals surface area contributed by atoms with E-state index in [1.54, 1.807) is 4.90 Å². The van der Waals surface area contributed by atoms with Crippen LogP contribution in [0.4, 0.5) is 20.2 Å². The van der Waals surface area contributed by atoms with E-state index in [-0.39, 0.29) is 17.3 Å². The molecule has 1 aromatic carbocycles. The minimum Gasteiger partial charge on any atom is -0.363 e. The largest absolute Gasteiger partial charge is 0.363 e. The third-order valence-electron chi connectivity index (χ3n) is 3.57. The van der Waals surface area contributed by atoms with Crippen molar-refractivity contribution in [3.05, 3.63) is 33.9 Å². The smallest absolute Gasteiger partial charge is 0.295 e. The van der Waals surface area contributed by atoms with Crippen LogP contribution in [0, 0.1) is 27.7 Å². The second kappa shape index (κ2) is 6.13. The number of benzene rings is 1. The fourth-order valence-electron chi connectivity index (χ4n) is 2.70. The molecule has 0 aliphatic carbocycles. The molecule has 5 nitrogen and oxygen atoms in total. The van der Waals surface area contributed by atoms with E-state index in [1.165, 1.54) is 0 Å². The minimum atomic E-state index is -1.13. The summed E-state index contributed by atoms with van der Waals surface area (Å²) in [5.74, 6) is -1.92. The highest BCUT2D eigenvalue weighted by molar-refractivity contribution is 5.64. The molecule has 1 N–H and O–H groups in total. The maximum absolute atomic E-state index is 14.0. The molecule has 1 atom stereocenters. The molecule has 110 valence electrons. The monoisotopic (exact) mass is 285 g/mol. The van der Waals surface area contributed by atoms with Gasteiger partial charge in [0.2, 0.25) is 0 Å². The Morgan fingerprint density at radius 3 is 2.90 bits per heavy atom. The number of anilines is 1. The van der Waals surface area contributed by atoms with Crippen LogP contribution in [0.5, 0.6) is 0 Å². The molecule has 1 aromatic rings. The third-order valence-corrected chi connectivity index (χ3v) is 3.57. The average molecular weight is 285 g/mol. The molecule has 0 radical (unpaired) electrons. The van der Waals surface area contributed by atoms with Gasteiger partial charge in [-0.3, -0.25) is 10.1 Å². The van der Waals surface area contributed by atoms with Gasteiger partial charge in [0, 0.05) is 19.2 Å². The molecule has 0 bridgehead atoms. The van der Waals surface area contributed by atoms with Crippen molar-refractivity contribution in [3.63, 3.8) is 0 Å². The molecule has 1 unspecified atom stereocenters. The predicted molar refractivity (Wildman–Crippen MR) is 71.9 cm³/mol. The summed E-state index contributed by atoms with van der Waals surface area (Å²) in [5.41, 5.74) is -0.607. The predicted octanol–water partition coefficient (Wildman–Crippen LogP) is 2.31. The lowest BCUT2D eigenvalue weighted by Gasteiger charge is -2.34. The summed E-state index contributed by atoms with van der Waals surface area (Å²) in [6, 6.07) is 1.82. The molecule has 1 fully saturated rings. The van der Waals surface area contributed by atoms with Crippen molar-refractivity contribution < 1.29 is 13.7 Å². The summed E-state index contributed by atoms with van der Waals surface area (Å²) in [4.78, 5) is 11.9. The Bertz CT molecular complexity index is 509. The maximum atomic E-state index is 14.0. The van der Waals surface area contributed by atoms with Gasteiger partial charge in [-0.15, -0.1) is 0 Å². The summed E-state index contributed by atoms with van der Waals surface area (Å²) >= 11 is 0. The van der Waals surface area contributed by atoms with Crippen molar-refractivity contribution in [2.24, 2.45) is 5.92 Å². The van der Waals surface area contributed by atoms with Gasteiger partial charge in [-0.25, -0.2) is 8.78 Å². The Hall–Kier alpha value is -1.76. The Kier molecular flexibility index (Phi) is 4.49. The zero-order valence-electron chi connectivity index (χ0n) is 11.2. The molecule has 0 amide bonds. The number of nitro benzene ring substituents is 1. The van der Waals surface area contributed by atoms with Gasteiger partial charge in [-0.1, -0.05) is 0 Å². The average Bonchev–Trinajstić information content (AvgIpc) is 2.42. The highest BCUT2D eigenvalue weighted by Crippen LogP contribution is 2.35. The van der Waals surface area contributed by atoms with Crippen molar-refractivity contribution in [2.45, 2.75) is 12.8 Å². The van der Waals surface area contributed by atoms with Gasteiger partial charge in [-0.05, 0) is 38.4 Å². The van der Waals surface area contributed by atoms with Crippen molar-refractivity contribution in [1.82, 2.24) is 5.32 Å². The minimum absolute atomic E-state index is 0.226. The van der Waals surface area contributed by atoms with Crippen molar-refractivity contribution in [3.8, 4) is 0 Å². The highest BCUT2D eigenvalue weighted by Gasteiger charge is 2.29. The lowest BCUT2D eigenvalue weighted by atomic mass is 9.97. The first kappa shape index (κ1) is 14.6. The molecule has 1 heterocycles. The van der Waals surface area contributed by atoms with Crippen LogP contribution in [-0.2, 0) is 0 Å². The number of piperidine rings is 1. The highest BCUT2D eigenvalue weighted by atomic mass is 19.2. The zero-order valence-corrected chi connectivity index (χ0v) is 11.2. The maximum Gasteiger partial charge on any atom is 0.295 e. The number of nitrogens with zero attached hydrogens (tertiary/aromatic N) is 2. The first-order valence-corrected chi connectivity index (χ1v) is 6.56. The molecule has 7 heteroatoms. The Morgan fingerprint density at radius 1 is 1.50 bits per heavy atom. The molecule has 0 aromatic heterocycles. The van der Waals surface area contributed by atoms with Gasteiger partial charge in [0.1, 0.15) is 0 Å². The van der Waals surface area contributed by atoms with Gasteiger partial charge >= 0.3 is 0 Å². The van der Waals surface area contributed by atoms with E-state index in [2.05, 4.69) is 5.32 Å². The molecular weight excluding hydrogens is 268 g/mol. The lowest BCUT2D eigenvalue weighted by Crippen LogP contribution is -2.39. The van der Waals surface area contributed by atoms with Gasteiger partial charge < -0.3 is 10.2 Å². The number of nitrogens with one attached hydrogen (secondary N) is 1.